The van der Waals surface area contributed by atoms with E-state index in [0.717, 1.165) is 0 Å². The van der Waals surface area contributed by atoms with Gasteiger partial charge in [-0.15, -0.1) is 0 Å². The summed E-state index contributed by atoms with van der Waals surface area (Å²) in [6.45, 7) is 0. The van der Waals surface area contributed by atoms with Gasteiger partial charge in [0.1, 0.15) is 5.69 Å². The van der Waals surface area contributed by atoms with E-state index in [1.807, 2.05) is 0 Å². The van der Waals surface area contributed by atoms with Crippen LogP contribution >= 0.6 is 38.5 Å². The lowest BCUT2D eigenvalue weighted by molar-refractivity contribution is 0.0591. The number of halogens is 4. The van der Waals surface area contributed by atoms with Crippen LogP contribution in [0.5, 0.6) is 0 Å². The molecule has 7 heteroatoms. The smallest absolute Gasteiger partial charge is 0.356 e. The van der Waals surface area contributed by atoms with Crippen LogP contribution in [0.15, 0.2) is 6.07 Å². The zero-order chi connectivity index (χ0) is 12.3. The van der Waals surface area contributed by atoms with Gasteiger partial charge in [0.2, 0.25) is 0 Å². The number of carbonyl (C=O) groups excluding carboxylic acids is 1. The van der Waals surface area contributed by atoms with Gasteiger partial charge >= 0.3 is 5.97 Å². The molecule has 1 heterocycles. The number of rotatable bonds is 3. The molecular formula is C9H7BrF2INO2. The maximum Gasteiger partial charge on any atom is 0.356 e. The third-order valence-corrected chi connectivity index (χ3v) is 3.28. The zero-order valence-electron chi connectivity index (χ0n) is 8.14. The Kier molecular flexibility index (Phi) is 5.03. The van der Waals surface area contributed by atoms with Crippen molar-refractivity contribution in [1.82, 2.24) is 4.98 Å². The normalized spacial score (nSPS) is 10.6. The number of aromatic nitrogens is 1. The molecular weight excluding hydrogens is 399 g/mol. The molecule has 0 radical (unpaired) electrons. The highest BCUT2D eigenvalue weighted by Crippen LogP contribution is 2.25. The van der Waals surface area contributed by atoms with E-state index in [9.17, 15) is 13.6 Å². The SMILES string of the molecule is COC(=O)c1nc(C(F)F)c(I)cc1CBr. The summed E-state index contributed by atoms with van der Waals surface area (Å²) in [5, 5.41) is 0.351. The molecule has 0 atom stereocenters. The molecule has 16 heavy (non-hydrogen) atoms. The quantitative estimate of drug-likeness (QED) is 0.440. The number of nitrogens with zero attached hydrogens (tertiary/aromatic N) is 1. The van der Waals surface area contributed by atoms with E-state index in [-0.39, 0.29) is 5.69 Å². The van der Waals surface area contributed by atoms with Crippen LogP contribution in [0.4, 0.5) is 8.78 Å². The van der Waals surface area contributed by atoms with Crippen molar-refractivity contribution in [2.24, 2.45) is 0 Å². The molecule has 0 fully saturated rings. The molecule has 0 aliphatic heterocycles. The molecule has 0 aliphatic carbocycles. The van der Waals surface area contributed by atoms with Gasteiger partial charge in [-0.1, -0.05) is 15.9 Å². The number of ether oxygens (including phenoxy) is 1. The monoisotopic (exact) mass is 405 g/mol. The Labute approximate surface area is 113 Å². The summed E-state index contributed by atoms with van der Waals surface area (Å²) in [5.74, 6) is -0.715. The topological polar surface area (TPSA) is 39.2 Å². The molecule has 0 bridgehead atoms. The average Bonchev–Trinajstić information content (AvgIpc) is 2.27. The van der Waals surface area contributed by atoms with Crippen LogP contribution < -0.4 is 0 Å². The summed E-state index contributed by atoms with van der Waals surface area (Å²) in [5.41, 5.74) is 0.0569. The second kappa shape index (κ2) is 5.85. The summed E-state index contributed by atoms with van der Waals surface area (Å²) < 4.78 is 30.0. The van der Waals surface area contributed by atoms with Crippen LogP contribution in [0.3, 0.4) is 0 Å². The highest BCUT2D eigenvalue weighted by molar-refractivity contribution is 14.1. The molecule has 0 spiro atoms. The zero-order valence-corrected chi connectivity index (χ0v) is 11.9. The molecule has 1 aromatic rings. The predicted octanol–water partition coefficient (Wildman–Crippen LogP) is 3.31. The van der Waals surface area contributed by atoms with Crippen LogP contribution in [0, 0.1) is 3.57 Å². The van der Waals surface area contributed by atoms with Crippen LogP contribution in [0.1, 0.15) is 28.2 Å². The Bertz CT molecular complexity index is 415. The summed E-state index contributed by atoms with van der Waals surface area (Å²) >= 11 is 4.92. The average molecular weight is 406 g/mol. The number of methoxy groups -OCH3 is 1. The minimum absolute atomic E-state index is 0.0740. The lowest BCUT2D eigenvalue weighted by Gasteiger charge is -2.09. The summed E-state index contributed by atoms with van der Waals surface area (Å²) in [6, 6.07) is 1.50. The second-order valence-electron chi connectivity index (χ2n) is 2.79. The standard InChI is InChI=1S/C9H7BrF2INO2/c1-16-9(15)6-4(3-10)2-5(13)7(14-6)8(11)12/h2,8H,3H2,1H3. The van der Waals surface area contributed by atoms with Gasteiger partial charge in [-0.2, -0.15) is 0 Å². The molecule has 3 nitrogen and oxygen atoms in total. The van der Waals surface area contributed by atoms with Gasteiger partial charge in [-0.05, 0) is 34.2 Å². The van der Waals surface area contributed by atoms with Crippen LogP contribution in [0.25, 0.3) is 0 Å². The highest BCUT2D eigenvalue weighted by Gasteiger charge is 2.21. The Morgan fingerprint density at radius 2 is 2.31 bits per heavy atom. The van der Waals surface area contributed by atoms with Gasteiger partial charge in [0.25, 0.3) is 6.43 Å². The lowest BCUT2D eigenvalue weighted by Crippen LogP contribution is -2.11. The molecule has 0 N–H and O–H groups in total. The van der Waals surface area contributed by atoms with E-state index < -0.39 is 18.1 Å². The Balaban J connectivity index is 3.34. The van der Waals surface area contributed by atoms with Crippen molar-refractivity contribution >= 4 is 44.5 Å². The van der Waals surface area contributed by atoms with E-state index in [1.165, 1.54) is 13.2 Å². The third-order valence-electron chi connectivity index (χ3n) is 1.81. The molecule has 1 rings (SSSR count). The van der Waals surface area contributed by atoms with Crippen LogP contribution in [0.2, 0.25) is 0 Å². The van der Waals surface area contributed by atoms with E-state index in [1.54, 1.807) is 22.6 Å². The molecule has 0 aliphatic rings. The van der Waals surface area contributed by atoms with E-state index in [4.69, 9.17) is 0 Å². The van der Waals surface area contributed by atoms with Crippen molar-refractivity contribution in [3.05, 3.63) is 26.6 Å². The van der Waals surface area contributed by atoms with Gasteiger partial charge < -0.3 is 4.74 Å². The maximum atomic E-state index is 12.6. The Morgan fingerprint density at radius 3 is 2.75 bits per heavy atom. The predicted molar refractivity (Wildman–Crippen MR) is 65.9 cm³/mol. The molecule has 0 aromatic carbocycles. The van der Waals surface area contributed by atoms with Gasteiger partial charge in [0.15, 0.2) is 5.69 Å². The van der Waals surface area contributed by atoms with Crippen molar-refractivity contribution in [2.45, 2.75) is 11.8 Å². The molecule has 0 amide bonds. The van der Waals surface area contributed by atoms with Gasteiger partial charge in [0.05, 0.1) is 7.11 Å². The van der Waals surface area contributed by atoms with Crippen LogP contribution in [-0.4, -0.2) is 18.1 Å². The Hall–Kier alpha value is -0.310. The molecule has 0 saturated heterocycles. The summed E-state index contributed by atoms with van der Waals surface area (Å²) in [6.07, 6.45) is -2.71. The number of carbonyl (C=O) groups is 1. The molecule has 0 unspecified atom stereocenters. The first kappa shape index (κ1) is 13.8. The van der Waals surface area contributed by atoms with Crippen LogP contribution in [-0.2, 0) is 10.1 Å². The number of hydrogen-bond acceptors (Lipinski definition) is 3. The maximum absolute atomic E-state index is 12.6. The first-order valence-electron chi connectivity index (χ1n) is 4.13. The van der Waals surface area contributed by atoms with Crippen molar-refractivity contribution in [3.8, 4) is 0 Å². The number of alkyl halides is 3. The molecule has 1 aromatic heterocycles. The van der Waals surface area contributed by atoms with E-state index in [2.05, 4.69) is 25.7 Å². The number of esters is 1. The van der Waals surface area contributed by atoms with E-state index >= 15 is 0 Å². The molecule has 0 saturated carbocycles. The minimum Gasteiger partial charge on any atom is -0.464 e. The van der Waals surface area contributed by atoms with Crippen molar-refractivity contribution in [3.63, 3.8) is 0 Å². The fraction of sp³-hybridized carbons (Fsp3) is 0.333. The fourth-order valence-corrected chi connectivity index (χ4v) is 2.23. The van der Waals surface area contributed by atoms with E-state index in [0.29, 0.717) is 14.5 Å². The summed E-state index contributed by atoms with van der Waals surface area (Å²) in [7, 11) is 1.18. The van der Waals surface area contributed by atoms with Crippen molar-refractivity contribution < 1.29 is 18.3 Å². The number of hydrogen-bond donors (Lipinski definition) is 0. The largest absolute Gasteiger partial charge is 0.464 e. The van der Waals surface area contributed by atoms with Gasteiger partial charge in [0, 0.05) is 8.90 Å². The summed E-state index contributed by atoms with van der Waals surface area (Å²) in [4.78, 5) is 15.0. The first-order valence-corrected chi connectivity index (χ1v) is 6.33. The van der Waals surface area contributed by atoms with Gasteiger partial charge in [-0.25, -0.2) is 18.6 Å². The molecule has 88 valence electrons. The minimum atomic E-state index is -2.71. The second-order valence-corrected chi connectivity index (χ2v) is 4.51. The van der Waals surface area contributed by atoms with Gasteiger partial charge in [-0.3, -0.25) is 0 Å². The lowest BCUT2D eigenvalue weighted by atomic mass is 10.2. The van der Waals surface area contributed by atoms with Crippen molar-refractivity contribution in [1.29, 1.82) is 0 Å². The third kappa shape index (κ3) is 2.88. The number of pyridine rings is 1. The Morgan fingerprint density at radius 1 is 1.69 bits per heavy atom. The first-order chi connectivity index (χ1) is 7.51. The fourth-order valence-electron chi connectivity index (χ4n) is 1.07. The highest BCUT2D eigenvalue weighted by atomic mass is 127. The van der Waals surface area contributed by atoms with Crippen molar-refractivity contribution in [2.75, 3.05) is 7.11 Å².